The first kappa shape index (κ1) is 26.4. The Labute approximate surface area is 227 Å². The number of nitrogens with two attached hydrogens (primary N) is 1. The third kappa shape index (κ3) is 5.93. The minimum Gasteiger partial charge on any atom is -0.618 e. The topological polar surface area (TPSA) is 91.7 Å². The first-order valence-corrected chi connectivity index (χ1v) is 13.7. The van der Waals surface area contributed by atoms with Crippen LogP contribution in [-0.2, 0) is 22.6 Å². The Kier molecular flexibility index (Phi) is 8.42. The van der Waals surface area contributed by atoms with E-state index < -0.39 is 6.29 Å². The van der Waals surface area contributed by atoms with Gasteiger partial charge in [-0.25, -0.2) is 0 Å². The van der Waals surface area contributed by atoms with Crippen LogP contribution in [0.1, 0.15) is 41.6 Å². The molecule has 4 aromatic rings. The second-order valence-corrected chi connectivity index (χ2v) is 10.6. The van der Waals surface area contributed by atoms with Gasteiger partial charge in [-0.05, 0) is 46.0 Å². The number of hydrogen-bond donors (Lipinski definition) is 2. The van der Waals surface area contributed by atoms with E-state index in [1.54, 1.807) is 6.07 Å². The Bertz CT molecular complexity index is 1360. The van der Waals surface area contributed by atoms with Crippen LogP contribution in [0.3, 0.4) is 0 Å². The van der Waals surface area contributed by atoms with Crippen molar-refractivity contribution in [1.29, 1.82) is 0 Å². The largest absolute Gasteiger partial charge is 0.618 e. The molecule has 7 heteroatoms. The van der Waals surface area contributed by atoms with Gasteiger partial charge < -0.3 is 25.5 Å². The molecule has 6 nitrogen and oxygen atoms in total. The molecule has 38 heavy (non-hydrogen) atoms. The number of benzene rings is 3. The highest BCUT2D eigenvalue weighted by Gasteiger charge is 2.38. The lowest BCUT2D eigenvalue weighted by Gasteiger charge is -2.41. The predicted octanol–water partition coefficient (Wildman–Crippen LogP) is 5.52. The van der Waals surface area contributed by atoms with Crippen molar-refractivity contribution in [3.63, 3.8) is 0 Å². The van der Waals surface area contributed by atoms with Gasteiger partial charge >= 0.3 is 0 Å². The second-order valence-electron chi connectivity index (χ2n) is 9.53. The van der Waals surface area contributed by atoms with Gasteiger partial charge in [-0.1, -0.05) is 79.3 Å². The van der Waals surface area contributed by atoms with Crippen molar-refractivity contribution >= 4 is 11.8 Å². The number of thioether (sulfide) groups is 1. The van der Waals surface area contributed by atoms with Crippen LogP contribution in [-0.4, -0.2) is 17.0 Å². The molecule has 1 fully saturated rings. The summed E-state index contributed by atoms with van der Waals surface area (Å²) in [5.74, 6) is 0.642. The minimum absolute atomic E-state index is 0.00320. The van der Waals surface area contributed by atoms with Crippen LogP contribution in [0, 0.1) is 11.1 Å². The molecule has 0 saturated carbocycles. The molecule has 0 aliphatic carbocycles. The molecule has 3 aromatic carbocycles. The van der Waals surface area contributed by atoms with Crippen molar-refractivity contribution in [3.05, 3.63) is 125 Å². The molecule has 1 aliphatic heterocycles. The van der Waals surface area contributed by atoms with Gasteiger partial charge in [0.25, 0.3) is 5.03 Å². The van der Waals surface area contributed by atoms with Crippen molar-refractivity contribution in [2.75, 3.05) is 5.75 Å². The maximum absolute atomic E-state index is 12.2. The number of aromatic nitrogens is 1. The molecular formula is C31H32N2O4S. The molecule has 1 aliphatic rings. The fourth-order valence-corrected chi connectivity index (χ4v) is 5.82. The number of aliphatic hydroxyl groups is 1. The van der Waals surface area contributed by atoms with E-state index in [0.29, 0.717) is 17.3 Å². The van der Waals surface area contributed by atoms with Crippen LogP contribution in [0.2, 0.25) is 0 Å². The first-order valence-electron chi connectivity index (χ1n) is 12.8. The van der Waals surface area contributed by atoms with E-state index in [4.69, 9.17) is 15.2 Å². The lowest BCUT2D eigenvalue weighted by molar-refractivity contribution is -0.645. The molecule has 1 saturated heterocycles. The standard InChI is InChI=1S/C31H32N2O4S/c1-21-28(20-38-29-10-2-3-15-33(29)35)36-31(37-30(21)24-13-11-22(19-34)12-14-24)27-9-5-8-26(17-27)25-7-4-6-23(16-25)18-32/h2-17,21,28,30-31,34H,18-20,32H2,1H3/t21-,28+,30+,31+/m0/s1. The predicted molar refractivity (Wildman–Crippen MR) is 149 cm³/mol. The molecule has 0 radical (unpaired) electrons. The van der Waals surface area contributed by atoms with E-state index in [1.165, 1.54) is 18.0 Å². The third-order valence-corrected chi connectivity index (χ3v) is 8.07. The summed E-state index contributed by atoms with van der Waals surface area (Å²) in [6, 6.07) is 29.7. The molecule has 0 amide bonds. The summed E-state index contributed by atoms with van der Waals surface area (Å²) >= 11 is 1.49. The van der Waals surface area contributed by atoms with Crippen molar-refractivity contribution in [3.8, 4) is 11.1 Å². The van der Waals surface area contributed by atoms with E-state index in [0.717, 1.165) is 38.1 Å². The highest BCUT2D eigenvalue weighted by molar-refractivity contribution is 7.99. The van der Waals surface area contributed by atoms with Gasteiger partial charge in [0.1, 0.15) is 0 Å². The molecule has 0 spiro atoms. The zero-order valence-corrected chi connectivity index (χ0v) is 22.1. The maximum Gasteiger partial charge on any atom is 0.251 e. The van der Waals surface area contributed by atoms with Crippen LogP contribution >= 0.6 is 11.8 Å². The van der Waals surface area contributed by atoms with Crippen LogP contribution in [0.25, 0.3) is 11.1 Å². The second kappa shape index (κ2) is 12.1. The van der Waals surface area contributed by atoms with Crippen molar-refractivity contribution in [1.82, 2.24) is 0 Å². The average Bonchev–Trinajstić information content (AvgIpc) is 2.97. The lowest BCUT2D eigenvalue weighted by atomic mass is 9.91. The van der Waals surface area contributed by atoms with Crippen molar-refractivity contribution < 1.29 is 19.3 Å². The number of pyridine rings is 1. The van der Waals surface area contributed by atoms with E-state index in [-0.39, 0.29) is 24.7 Å². The summed E-state index contributed by atoms with van der Waals surface area (Å²) in [7, 11) is 0. The molecule has 1 aromatic heterocycles. The van der Waals surface area contributed by atoms with E-state index in [1.807, 2.05) is 60.7 Å². The number of ether oxygens (including phenoxy) is 2. The zero-order chi connectivity index (χ0) is 26.5. The highest BCUT2D eigenvalue weighted by atomic mass is 32.2. The zero-order valence-electron chi connectivity index (χ0n) is 21.3. The highest BCUT2D eigenvalue weighted by Crippen LogP contribution is 2.43. The Hall–Kier alpha value is -3.20. The lowest BCUT2D eigenvalue weighted by Crippen LogP contribution is -2.39. The number of aliphatic hydroxyl groups excluding tert-OH is 1. The average molecular weight is 529 g/mol. The molecule has 0 bridgehead atoms. The van der Waals surface area contributed by atoms with Gasteiger partial charge in [-0.3, -0.25) is 0 Å². The van der Waals surface area contributed by atoms with Gasteiger partial charge in [0.15, 0.2) is 12.5 Å². The van der Waals surface area contributed by atoms with Crippen molar-refractivity contribution in [2.45, 2.75) is 43.6 Å². The Morgan fingerprint density at radius 2 is 1.63 bits per heavy atom. The summed E-state index contributed by atoms with van der Waals surface area (Å²) in [4.78, 5) is 0. The summed E-state index contributed by atoms with van der Waals surface area (Å²) in [5, 5.41) is 22.4. The maximum atomic E-state index is 12.2. The van der Waals surface area contributed by atoms with Crippen LogP contribution < -0.4 is 10.5 Å². The monoisotopic (exact) mass is 528 g/mol. The summed E-state index contributed by atoms with van der Waals surface area (Å²) in [5.41, 5.74) is 11.9. The van der Waals surface area contributed by atoms with Crippen LogP contribution in [0.15, 0.2) is 102 Å². The number of rotatable bonds is 8. The van der Waals surface area contributed by atoms with Gasteiger partial charge in [0.05, 0.1) is 18.8 Å². The normalized spacial score (nSPS) is 21.3. The Morgan fingerprint density at radius 3 is 2.37 bits per heavy atom. The fraction of sp³-hybridized carbons (Fsp3) is 0.258. The van der Waals surface area contributed by atoms with Gasteiger partial charge in [0.2, 0.25) is 0 Å². The van der Waals surface area contributed by atoms with Gasteiger partial charge in [0, 0.05) is 35.9 Å². The van der Waals surface area contributed by atoms with Crippen LogP contribution in [0.4, 0.5) is 0 Å². The SMILES string of the molecule is C[C@H]1[C@@H](CSc2cccc[n+]2[O-])O[C@@H](c2cccc(-c3cccc(CN)c3)c2)O[C@H]1c1ccc(CO)cc1. The molecular weight excluding hydrogens is 496 g/mol. The van der Waals surface area contributed by atoms with E-state index in [9.17, 15) is 10.3 Å². The quantitative estimate of drug-likeness (QED) is 0.178. The van der Waals surface area contributed by atoms with Gasteiger partial charge in [-0.2, -0.15) is 4.73 Å². The molecule has 2 heterocycles. The third-order valence-electron chi connectivity index (χ3n) is 6.96. The molecule has 196 valence electrons. The minimum atomic E-state index is -0.577. The summed E-state index contributed by atoms with van der Waals surface area (Å²) < 4.78 is 14.1. The Balaban J connectivity index is 1.44. The smallest absolute Gasteiger partial charge is 0.251 e. The van der Waals surface area contributed by atoms with Crippen molar-refractivity contribution in [2.24, 2.45) is 11.7 Å². The number of nitrogens with zero attached hydrogens (tertiary/aromatic N) is 1. The van der Waals surface area contributed by atoms with Gasteiger partial charge in [-0.15, -0.1) is 0 Å². The first-order chi connectivity index (χ1) is 18.6. The molecule has 3 N–H and O–H groups in total. The summed E-state index contributed by atoms with van der Waals surface area (Å²) in [6.45, 7) is 2.61. The molecule has 4 atom stereocenters. The van der Waals surface area contributed by atoms with E-state index >= 15 is 0 Å². The summed E-state index contributed by atoms with van der Waals surface area (Å²) in [6.07, 6.45) is 0.556. The Morgan fingerprint density at radius 1 is 0.868 bits per heavy atom. The molecule has 5 rings (SSSR count). The van der Waals surface area contributed by atoms with Crippen LogP contribution in [0.5, 0.6) is 0 Å². The molecule has 0 unspecified atom stereocenters. The van der Waals surface area contributed by atoms with E-state index in [2.05, 4.69) is 31.2 Å². The number of hydrogen-bond acceptors (Lipinski definition) is 6. The fourth-order valence-electron chi connectivity index (χ4n) is 4.74.